The van der Waals surface area contributed by atoms with Gasteiger partial charge in [0.05, 0.1) is 18.7 Å². The van der Waals surface area contributed by atoms with Gasteiger partial charge in [0.15, 0.2) is 0 Å². The molecule has 2 N–H and O–H groups in total. The van der Waals surface area contributed by atoms with Crippen LogP contribution in [0, 0.1) is 0 Å². The lowest BCUT2D eigenvalue weighted by molar-refractivity contribution is 0.0860. The van der Waals surface area contributed by atoms with Gasteiger partial charge in [-0.15, -0.1) is 0 Å². The van der Waals surface area contributed by atoms with Crippen molar-refractivity contribution in [3.8, 4) is 0 Å². The molecule has 2 amide bonds. The first kappa shape index (κ1) is 16.5. The minimum atomic E-state index is -0.154. The highest BCUT2D eigenvalue weighted by molar-refractivity contribution is 5.74. The van der Waals surface area contributed by atoms with E-state index in [0.717, 1.165) is 31.6 Å². The standard InChI is InChI=1S/C18H24N4O2/c1-14(17-4-2-11-24-17)21-18(23)19-12-15-5-7-16(8-6-15)13-22-10-3-9-20-22/h3,5-10,14,17H,2,4,11-13H2,1H3,(H2,19,21,23)/t14-,17-/m1/s1. The predicted octanol–water partition coefficient (Wildman–Crippen LogP) is 2.30. The summed E-state index contributed by atoms with van der Waals surface area (Å²) in [6.45, 7) is 4.04. The SMILES string of the molecule is C[C@@H](NC(=O)NCc1ccc(Cn2cccn2)cc1)[C@H]1CCCO1. The first-order chi connectivity index (χ1) is 11.7. The van der Waals surface area contributed by atoms with Gasteiger partial charge in [0.2, 0.25) is 0 Å². The molecule has 128 valence electrons. The largest absolute Gasteiger partial charge is 0.376 e. The van der Waals surface area contributed by atoms with Crippen LogP contribution in [0.25, 0.3) is 0 Å². The molecule has 24 heavy (non-hydrogen) atoms. The summed E-state index contributed by atoms with van der Waals surface area (Å²) in [5, 5.41) is 10.0. The number of benzene rings is 1. The van der Waals surface area contributed by atoms with Crippen molar-refractivity contribution in [2.45, 2.75) is 45.0 Å². The van der Waals surface area contributed by atoms with Gasteiger partial charge in [0.25, 0.3) is 0 Å². The Morgan fingerprint density at radius 2 is 2.17 bits per heavy atom. The van der Waals surface area contributed by atoms with E-state index in [1.165, 1.54) is 5.56 Å². The zero-order valence-corrected chi connectivity index (χ0v) is 13.9. The molecule has 2 heterocycles. The van der Waals surface area contributed by atoms with E-state index >= 15 is 0 Å². The van der Waals surface area contributed by atoms with E-state index in [4.69, 9.17) is 4.74 Å². The van der Waals surface area contributed by atoms with Gasteiger partial charge < -0.3 is 15.4 Å². The third kappa shape index (κ3) is 4.58. The predicted molar refractivity (Wildman–Crippen MR) is 91.6 cm³/mol. The van der Waals surface area contributed by atoms with Crippen molar-refractivity contribution in [1.82, 2.24) is 20.4 Å². The maximum absolute atomic E-state index is 12.0. The fourth-order valence-corrected chi connectivity index (χ4v) is 2.87. The number of amides is 2. The molecule has 0 saturated carbocycles. The number of aromatic nitrogens is 2. The molecule has 0 spiro atoms. The number of hydrogen-bond donors (Lipinski definition) is 2. The van der Waals surface area contributed by atoms with Crippen LogP contribution in [-0.4, -0.2) is 34.6 Å². The lowest BCUT2D eigenvalue weighted by atomic mass is 10.1. The fraction of sp³-hybridized carbons (Fsp3) is 0.444. The molecule has 3 rings (SSSR count). The quantitative estimate of drug-likeness (QED) is 0.855. The van der Waals surface area contributed by atoms with Gasteiger partial charge in [0.1, 0.15) is 0 Å². The van der Waals surface area contributed by atoms with Crippen LogP contribution in [-0.2, 0) is 17.8 Å². The second-order valence-corrected chi connectivity index (χ2v) is 6.19. The molecule has 0 aliphatic carbocycles. The smallest absolute Gasteiger partial charge is 0.315 e. The Labute approximate surface area is 142 Å². The summed E-state index contributed by atoms with van der Waals surface area (Å²) in [6.07, 6.45) is 5.93. The van der Waals surface area contributed by atoms with Crippen molar-refractivity contribution in [2.75, 3.05) is 6.61 Å². The van der Waals surface area contributed by atoms with Crippen LogP contribution in [0.1, 0.15) is 30.9 Å². The first-order valence-electron chi connectivity index (χ1n) is 8.42. The molecule has 2 atom stereocenters. The second-order valence-electron chi connectivity index (χ2n) is 6.19. The van der Waals surface area contributed by atoms with Crippen molar-refractivity contribution in [2.24, 2.45) is 0 Å². The van der Waals surface area contributed by atoms with Crippen LogP contribution in [0.3, 0.4) is 0 Å². The van der Waals surface area contributed by atoms with E-state index in [1.807, 2.05) is 36.0 Å². The Morgan fingerprint density at radius 1 is 1.38 bits per heavy atom. The van der Waals surface area contributed by atoms with Crippen molar-refractivity contribution in [1.29, 1.82) is 0 Å². The zero-order valence-electron chi connectivity index (χ0n) is 13.9. The molecule has 1 aromatic carbocycles. The number of nitrogens with one attached hydrogen (secondary N) is 2. The zero-order chi connectivity index (χ0) is 16.8. The molecule has 1 aliphatic heterocycles. The Bertz CT molecular complexity index is 634. The number of urea groups is 1. The number of hydrogen-bond acceptors (Lipinski definition) is 3. The van der Waals surface area contributed by atoms with Gasteiger partial charge in [-0.1, -0.05) is 24.3 Å². The number of nitrogens with zero attached hydrogens (tertiary/aromatic N) is 2. The van der Waals surface area contributed by atoms with Gasteiger partial charge in [-0.2, -0.15) is 5.10 Å². The molecular weight excluding hydrogens is 304 g/mol. The Morgan fingerprint density at radius 3 is 2.83 bits per heavy atom. The van der Waals surface area contributed by atoms with E-state index < -0.39 is 0 Å². The number of ether oxygens (including phenoxy) is 1. The third-order valence-electron chi connectivity index (χ3n) is 4.26. The van der Waals surface area contributed by atoms with Crippen molar-refractivity contribution < 1.29 is 9.53 Å². The summed E-state index contributed by atoms with van der Waals surface area (Å²) >= 11 is 0. The van der Waals surface area contributed by atoms with Crippen LogP contribution in [0.4, 0.5) is 4.79 Å². The van der Waals surface area contributed by atoms with Gasteiger partial charge >= 0.3 is 6.03 Å². The van der Waals surface area contributed by atoms with Gasteiger partial charge in [0, 0.05) is 25.5 Å². The third-order valence-corrected chi connectivity index (χ3v) is 4.26. The highest BCUT2D eigenvalue weighted by Crippen LogP contribution is 2.15. The minimum Gasteiger partial charge on any atom is -0.376 e. The molecule has 0 unspecified atom stereocenters. The number of carbonyl (C=O) groups is 1. The van der Waals surface area contributed by atoms with Gasteiger partial charge in [-0.05, 0) is 37.0 Å². The summed E-state index contributed by atoms with van der Waals surface area (Å²) < 4.78 is 7.47. The Hall–Kier alpha value is -2.34. The molecule has 1 aromatic heterocycles. The molecule has 1 aliphatic rings. The van der Waals surface area contributed by atoms with Crippen LogP contribution in [0.15, 0.2) is 42.7 Å². The van der Waals surface area contributed by atoms with E-state index in [-0.39, 0.29) is 18.2 Å². The van der Waals surface area contributed by atoms with Crippen LogP contribution < -0.4 is 10.6 Å². The normalized spacial score (nSPS) is 18.3. The lowest BCUT2D eigenvalue weighted by Crippen LogP contribution is -2.45. The van der Waals surface area contributed by atoms with Crippen LogP contribution in [0.2, 0.25) is 0 Å². The summed E-state index contributed by atoms with van der Waals surface area (Å²) in [6, 6.07) is 9.97. The molecule has 2 aromatic rings. The van der Waals surface area contributed by atoms with Gasteiger partial charge in [-0.3, -0.25) is 4.68 Å². The topological polar surface area (TPSA) is 68.2 Å². The van der Waals surface area contributed by atoms with Crippen molar-refractivity contribution >= 4 is 6.03 Å². The van der Waals surface area contributed by atoms with Crippen molar-refractivity contribution in [3.05, 3.63) is 53.9 Å². The van der Waals surface area contributed by atoms with E-state index in [9.17, 15) is 4.79 Å². The first-order valence-corrected chi connectivity index (χ1v) is 8.42. The average molecular weight is 328 g/mol. The van der Waals surface area contributed by atoms with E-state index in [1.54, 1.807) is 6.20 Å². The molecule has 6 nitrogen and oxygen atoms in total. The van der Waals surface area contributed by atoms with Crippen LogP contribution >= 0.6 is 0 Å². The van der Waals surface area contributed by atoms with E-state index in [2.05, 4.69) is 27.9 Å². The highest BCUT2D eigenvalue weighted by Gasteiger charge is 2.23. The van der Waals surface area contributed by atoms with Gasteiger partial charge in [-0.25, -0.2) is 4.79 Å². The molecular formula is C18H24N4O2. The average Bonchev–Trinajstić information content (AvgIpc) is 3.28. The molecule has 1 saturated heterocycles. The number of carbonyl (C=O) groups excluding carboxylic acids is 1. The Balaban J connectivity index is 1.43. The second kappa shape index (κ2) is 7.97. The Kier molecular flexibility index (Phi) is 5.48. The van der Waals surface area contributed by atoms with E-state index in [0.29, 0.717) is 6.54 Å². The summed E-state index contributed by atoms with van der Waals surface area (Å²) in [5.74, 6) is 0. The summed E-state index contributed by atoms with van der Waals surface area (Å²) in [5.41, 5.74) is 2.25. The number of rotatable bonds is 6. The maximum atomic E-state index is 12.0. The molecule has 1 fully saturated rings. The minimum absolute atomic E-state index is 0.0314. The maximum Gasteiger partial charge on any atom is 0.315 e. The fourth-order valence-electron chi connectivity index (χ4n) is 2.87. The van der Waals surface area contributed by atoms with Crippen LogP contribution in [0.5, 0.6) is 0 Å². The monoisotopic (exact) mass is 328 g/mol. The highest BCUT2D eigenvalue weighted by atomic mass is 16.5. The molecule has 0 bridgehead atoms. The summed E-state index contributed by atoms with van der Waals surface area (Å²) in [4.78, 5) is 12.0. The lowest BCUT2D eigenvalue weighted by Gasteiger charge is -2.20. The molecule has 0 radical (unpaired) electrons. The van der Waals surface area contributed by atoms with Crippen molar-refractivity contribution in [3.63, 3.8) is 0 Å². The molecule has 6 heteroatoms. The summed E-state index contributed by atoms with van der Waals surface area (Å²) in [7, 11) is 0.